The standard InChI is InChI=1S/C8H14N2O3/c1-3-5-6(12-4-2)7-9-8(11)13-10-7/h6H,3-5H2,1-2H3,(H,9,10,11). The fourth-order valence-corrected chi connectivity index (χ4v) is 1.14. The van der Waals surface area contributed by atoms with E-state index in [1.54, 1.807) is 0 Å². The van der Waals surface area contributed by atoms with E-state index in [9.17, 15) is 4.79 Å². The van der Waals surface area contributed by atoms with Crippen molar-refractivity contribution in [2.75, 3.05) is 6.61 Å². The molecule has 0 radical (unpaired) electrons. The molecule has 0 aliphatic rings. The first-order chi connectivity index (χ1) is 6.27. The average molecular weight is 186 g/mol. The molecule has 0 saturated carbocycles. The molecular formula is C8H14N2O3. The van der Waals surface area contributed by atoms with Crippen LogP contribution in [-0.4, -0.2) is 16.7 Å². The topological polar surface area (TPSA) is 68.1 Å². The van der Waals surface area contributed by atoms with E-state index < -0.39 is 5.76 Å². The third kappa shape index (κ3) is 2.69. The monoisotopic (exact) mass is 186 g/mol. The lowest BCUT2D eigenvalue weighted by Crippen LogP contribution is -2.07. The molecule has 0 aromatic carbocycles. The van der Waals surface area contributed by atoms with Crippen molar-refractivity contribution in [2.24, 2.45) is 0 Å². The molecule has 0 fully saturated rings. The summed E-state index contributed by atoms with van der Waals surface area (Å²) in [6.45, 7) is 4.55. The van der Waals surface area contributed by atoms with Crippen LogP contribution in [0.3, 0.4) is 0 Å². The van der Waals surface area contributed by atoms with E-state index in [4.69, 9.17) is 4.74 Å². The van der Waals surface area contributed by atoms with Gasteiger partial charge in [-0.25, -0.2) is 4.79 Å². The lowest BCUT2D eigenvalue weighted by Gasteiger charge is -2.11. The van der Waals surface area contributed by atoms with Gasteiger partial charge in [0, 0.05) is 6.61 Å². The third-order valence-corrected chi connectivity index (χ3v) is 1.68. The van der Waals surface area contributed by atoms with Crippen molar-refractivity contribution in [3.05, 3.63) is 16.4 Å². The second-order valence-corrected chi connectivity index (χ2v) is 2.71. The molecule has 0 aliphatic heterocycles. The minimum Gasteiger partial charge on any atom is -0.370 e. The Labute approximate surface area is 76.1 Å². The number of rotatable bonds is 5. The quantitative estimate of drug-likeness (QED) is 0.751. The number of nitrogens with one attached hydrogen (secondary N) is 1. The van der Waals surface area contributed by atoms with Crippen LogP contribution < -0.4 is 5.76 Å². The maximum absolute atomic E-state index is 10.7. The Kier molecular flexibility index (Phi) is 3.70. The smallest absolute Gasteiger partial charge is 0.370 e. The molecule has 1 unspecified atom stereocenters. The SMILES string of the molecule is CCCC(OCC)c1noc(=O)[nH]1. The van der Waals surface area contributed by atoms with E-state index in [0.29, 0.717) is 12.4 Å². The summed E-state index contributed by atoms with van der Waals surface area (Å²) in [6, 6.07) is 0. The van der Waals surface area contributed by atoms with E-state index in [-0.39, 0.29) is 6.10 Å². The molecule has 13 heavy (non-hydrogen) atoms. The molecule has 0 bridgehead atoms. The van der Waals surface area contributed by atoms with Crippen LogP contribution >= 0.6 is 0 Å². The third-order valence-electron chi connectivity index (χ3n) is 1.68. The van der Waals surface area contributed by atoms with E-state index in [2.05, 4.69) is 14.7 Å². The van der Waals surface area contributed by atoms with Crippen LogP contribution in [0.5, 0.6) is 0 Å². The number of ether oxygens (including phenoxy) is 1. The first-order valence-electron chi connectivity index (χ1n) is 4.45. The molecule has 5 nitrogen and oxygen atoms in total. The zero-order chi connectivity index (χ0) is 9.68. The Balaban J connectivity index is 2.69. The summed E-state index contributed by atoms with van der Waals surface area (Å²) in [7, 11) is 0. The Morgan fingerprint density at radius 3 is 2.85 bits per heavy atom. The summed E-state index contributed by atoms with van der Waals surface area (Å²) >= 11 is 0. The molecule has 0 spiro atoms. The van der Waals surface area contributed by atoms with Crippen molar-refractivity contribution < 1.29 is 9.26 Å². The number of aromatic amines is 1. The van der Waals surface area contributed by atoms with Gasteiger partial charge in [-0.15, -0.1) is 0 Å². The van der Waals surface area contributed by atoms with Crippen LogP contribution in [-0.2, 0) is 4.74 Å². The first kappa shape index (κ1) is 9.98. The maximum atomic E-state index is 10.7. The van der Waals surface area contributed by atoms with E-state index >= 15 is 0 Å². The Morgan fingerprint density at radius 2 is 2.38 bits per heavy atom. The summed E-state index contributed by atoms with van der Waals surface area (Å²) in [4.78, 5) is 13.2. The van der Waals surface area contributed by atoms with Crippen LogP contribution in [0.1, 0.15) is 38.6 Å². The lowest BCUT2D eigenvalue weighted by atomic mass is 10.2. The Bertz CT molecular complexity index is 286. The highest BCUT2D eigenvalue weighted by molar-refractivity contribution is 4.85. The Hall–Kier alpha value is -1.10. The fraction of sp³-hybridized carbons (Fsp3) is 0.750. The number of nitrogens with zero attached hydrogens (tertiary/aromatic N) is 1. The highest BCUT2D eigenvalue weighted by Gasteiger charge is 2.14. The zero-order valence-electron chi connectivity index (χ0n) is 7.87. The summed E-state index contributed by atoms with van der Waals surface area (Å²) in [5.74, 6) is -0.0514. The van der Waals surface area contributed by atoms with Gasteiger partial charge in [-0.3, -0.25) is 9.51 Å². The second kappa shape index (κ2) is 4.81. The van der Waals surface area contributed by atoms with Gasteiger partial charge in [0.1, 0.15) is 6.10 Å². The highest BCUT2D eigenvalue weighted by Crippen LogP contribution is 2.17. The molecule has 1 rings (SSSR count). The molecule has 1 atom stereocenters. The predicted molar refractivity (Wildman–Crippen MR) is 46.4 cm³/mol. The van der Waals surface area contributed by atoms with Gasteiger partial charge in [0.05, 0.1) is 0 Å². The number of aromatic nitrogens is 2. The van der Waals surface area contributed by atoms with Crippen LogP contribution in [0.4, 0.5) is 0 Å². The molecule has 5 heteroatoms. The Morgan fingerprint density at radius 1 is 1.62 bits per heavy atom. The summed E-state index contributed by atoms with van der Waals surface area (Å²) in [5, 5.41) is 3.59. The van der Waals surface area contributed by atoms with Gasteiger partial charge in [0.25, 0.3) is 0 Å². The largest absolute Gasteiger partial charge is 0.438 e. The molecule has 1 N–H and O–H groups in total. The van der Waals surface area contributed by atoms with Gasteiger partial charge < -0.3 is 4.74 Å². The van der Waals surface area contributed by atoms with Crippen molar-refractivity contribution in [1.29, 1.82) is 0 Å². The second-order valence-electron chi connectivity index (χ2n) is 2.71. The van der Waals surface area contributed by atoms with Gasteiger partial charge in [-0.05, 0) is 13.3 Å². The highest BCUT2D eigenvalue weighted by atomic mass is 16.5. The van der Waals surface area contributed by atoms with Crippen molar-refractivity contribution in [2.45, 2.75) is 32.8 Å². The van der Waals surface area contributed by atoms with Gasteiger partial charge in [0.15, 0.2) is 5.82 Å². The maximum Gasteiger partial charge on any atom is 0.438 e. The molecule has 0 amide bonds. The molecule has 1 aromatic rings. The van der Waals surface area contributed by atoms with Crippen LogP contribution in [0.15, 0.2) is 9.32 Å². The molecule has 1 aromatic heterocycles. The van der Waals surface area contributed by atoms with Crippen molar-refractivity contribution in [1.82, 2.24) is 10.1 Å². The minimum absolute atomic E-state index is 0.151. The molecular weight excluding hydrogens is 172 g/mol. The summed E-state index contributed by atoms with van der Waals surface area (Å²) in [5.41, 5.74) is 0. The molecule has 0 aliphatic carbocycles. The number of hydrogen-bond donors (Lipinski definition) is 1. The lowest BCUT2D eigenvalue weighted by molar-refractivity contribution is 0.0477. The van der Waals surface area contributed by atoms with Gasteiger partial charge >= 0.3 is 5.76 Å². The predicted octanol–water partition coefficient (Wildman–Crippen LogP) is 1.24. The van der Waals surface area contributed by atoms with Crippen LogP contribution in [0.25, 0.3) is 0 Å². The van der Waals surface area contributed by atoms with E-state index in [1.165, 1.54) is 0 Å². The normalized spacial score (nSPS) is 13.1. The first-order valence-corrected chi connectivity index (χ1v) is 4.45. The van der Waals surface area contributed by atoms with Gasteiger partial charge in [0.2, 0.25) is 0 Å². The molecule has 0 saturated heterocycles. The van der Waals surface area contributed by atoms with Crippen molar-refractivity contribution in [3.63, 3.8) is 0 Å². The van der Waals surface area contributed by atoms with E-state index in [1.807, 2.05) is 13.8 Å². The van der Waals surface area contributed by atoms with Gasteiger partial charge in [-0.2, -0.15) is 0 Å². The zero-order valence-corrected chi connectivity index (χ0v) is 7.87. The van der Waals surface area contributed by atoms with Crippen molar-refractivity contribution >= 4 is 0 Å². The molecule has 1 heterocycles. The van der Waals surface area contributed by atoms with Gasteiger partial charge in [-0.1, -0.05) is 18.5 Å². The van der Waals surface area contributed by atoms with E-state index in [0.717, 1.165) is 12.8 Å². The van der Waals surface area contributed by atoms with Crippen LogP contribution in [0.2, 0.25) is 0 Å². The summed E-state index contributed by atoms with van der Waals surface area (Å²) < 4.78 is 9.79. The summed E-state index contributed by atoms with van der Waals surface area (Å²) in [6.07, 6.45) is 1.65. The number of hydrogen-bond acceptors (Lipinski definition) is 4. The number of H-pyrrole nitrogens is 1. The average Bonchev–Trinajstić information content (AvgIpc) is 2.51. The fourth-order valence-electron chi connectivity index (χ4n) is 1.14. The minimum atomic E-state index is -0.532. The molecule has 74 valence electrons. The van der Waals surface area contributed by atoms with Crippen molar-refractivity contribution in [3.8, 4) is 0 Å². The van der Waals surface area contributed by atoms with Crippen LogP contribution in [0, 0.1) is 0 Å².